The highest BCUT2D eigenvalue weighted by atomic mass is 127. The minimum Gasteiger partial charge on any atom is -0.332 e. The Kier molecular flexibility index (Phi) is 6.72. The average Bonchev–Trinajstić information content (AvgIpc) is 2.69. The average molecular weight is 501 g/mol. The van der Waals surface area contributed by atoms with Crippen LogP contribution in [0.15, 0.2) is 78.9 Å². The minimum atomic E-state index is -0.297. The maximum absolute atomic E-state index is 12.4. The second-order valence-electron chi connectivity index (χ2n) is 5.82. The van der Waals surface area contributed by atoms with Gasteiger partial charge in [0, 0.05) is 26.1 Å². The molecule has 140 valence electrons. The van der Waals surface area contributed by atoms with E-state index in [0.29, 0.717) is 22.5 Å². The van der Waals surface area contributed by atoms with Gasteiger partial charge in [-0.3, -0.25) is 14.9 Å². The third kappa shape index (κ3) is 5.61. The van der Waals surface area contributed by atoms with Crippen molar-refractivity contribution in [3.05, 3.63) is 93.6 Å². The number of hydrogen-bond donors (Lipinski definition) is 3. The predicted octanol–water partition coefficient (Wildman–Crippen LogP) is 4.67. The van der Waals surface area contributed by atoms with E-state index in [2.05, 4.69) is 38.5 Å². The zero-order valence-corrected chi connectivity index (χ0v) is 17.6. The zero-order valence-electron chi connectivity index (χ0n) is 14.6. The Bertz CT molecular complexity index is 1020. The molecule has 0 heterocycles. The molecule has 3 aromatic rings. The molecule has 28 heavy (non-hydrogen) atoms. The summed E-state index contributed by atoms with van der Waals surface area (Å²) < 4.78 is 0.959. The molecule has 0 aliphatic heterocycles. The van der Waals surface area contributed by atoms with Crippen LogP contribution in [-0.2, 0) is 0 Å². The largest absolute Gasteiger partial charge is 0.332 e. The molecule has 0 radical (unpaired) electrons. The molecule has 3 aromatic carbocycles. The molecular formula is C21H16IN3O2S. The number of thiocarbonyl (C=S) groups is 1. The Morgan fingerprint density at radius 1 is 0.714 bits per heavy atom. The van der Waals surface area contributed by atoms with Crippen molar-refractivity contribution in [1.29, 1.82) is 0 Å². The molecule has 0 spiro atoms. The van der Waals surface area contributed by atoms with E-state index < -0.39 is 0 Å². The maximum Gasteiger partial charge on any atom is 0.257 e. The SMILES string of the molecule is O=C(NC(=S)Nc1cccc(C(=O)Nc2ccccc2)c1)c1cccc(I)c1. The van der Waals surface area contributed by atoms with Crippen molar-refractivity contribution in [3.63, 3.8) is 0 Å². The number of nitrogens with one attached hydrogen (secondary N) is 3. The van der Waals surface area contributed by atoms with Crippen molar-refractivity contribution in [2.45, 2.75) is 0 Å². The number of halogens is 1. The summed E-state index contributed by atoms with van der Waals surface area (Å²) in [6.45, 7) is 0. The van der Waals surface area contributed by atoms with Crippen LogP contribution in [0.3, 0.4) is 0 Å². The smallest absolute Gasteiger partial charge is 0.257 e. The summed E-state index contributed by atoms with van der Waals surface area (Å²) in [4.78, 5) is 24.7. The van der Waals surface area contributed by atoms with Crippen LogP contribution < -0.4 is 16.0 Å². The van der Waals surface area contributed by atoms with Crippen LogP contribution in [-0.4, -0.2) is 16.9 Å². The maximum atomic E-state index is 12.4. The number of carbonyl (C=O) groups excluding carboxylic acids is 2. The number of amides is 2. The topological polar surface area (TPSA) is 70.2 Å². The van der Waals surface area contributed by atoms with Crippen molar-refractivity contribution in [3.8, 4) is 0 Å². The molecule has 7 heteroatoms. The van der Waals surface area contributed by atoms with E-state index in [-0.39, 0.29) is 16.9 Å². The third-order valence-corrected chi connectivity index (χ3v) is 4.60. The van der Waals surface area contributed by atoms with Crippen LogP contribution >= 0.6 is 34.8 Å². The molecule has 2 amide bonds. The standard InChI is InChI=1S/C21H16IN3O2S/c22-16-8-4-6-14(12-16)20(27)25-21(28)24-18-11-5-7-15(13-18)19(26)23-17-9-2-1-3-10-17/h1-13H,(H,23,26)(H2,24,25,27,28). The first-order chi connectivity index (χ1) is 13.5. The number of hydrogen-bond acceptors (Lipinski definition) is 3. The second kappa shape index (κ2) is 9.43. The van der Waals surface area contributed by atoms with Crippen molar-refractivity contribution in [1.82, 2.24) is 5.32 Å². The predicted molar refractivity (Wildman–Crippen MR) is 124 cm³/mol. The summed E-state index contributed by atoms with van der Waals surface area (Å²) in [6.07, 6.45) is 0. The normalized spacial score (nSPS) is 10.0. The summed E-state index contributed by atoms with van der Waals surface area (Å²) in [5, 5.41) is 8.56. The van der Waals surface area contributed by atoms with E-state index in [1.165, 1.54) is 0 Å². The molecule has 5 nitrogen and oxygen atoms in total. The molecule has 0 aromatic heterocycles. The van der Waals surface area contributed by atoms with Gasteiger partial charge in [0.1, 0.15) is 0 Å². The first kappa shape index (κ1) is 20.0. The van der Waals surface area contributed by atoms with Gasteiger partial charge < -0.3 is 10.6 Å². The van der Waals surface area contributed by atoms with Gasteiger partial charge in [0.05, 0.1) is 0 Å². The zero-order chi connectivity index (χ0) is 19.9. The van der Waals surface area contributed by atoms with Crippen LogP contribution in [0.1, 0.15) is 20.7 Å². The first-order valence-corrected chi connectivity index (χ1v) is 9.84. The van der Waals surface area contributed by atoms with E-state index >= 15 is 0 Å². The summed E-state index contributed by atoms with van der Waals surface area (Å²) in [5.41, 5.74) is 2.31. The molecule has 0 saturated heterocycles. The Morgan fingerprint density at radius 3 is 2.07 bits per heavy atom. The fourth-order valence-corrected chi connectivity index (χ4v) is 3.18. The number of benzene rings is 3. The minimum absolute atomic E-state index is 0.157. The fourth-order valence-electron chi connectivity index (χ4n) is 2.43. The van der Waals surface area contributed by atoms with E-state index in [1.54, 1.807) is 36.4 Å². The van der Waals surface area contributed by atoms with Gasteiger partial charge in [0.15, 0.2) is 5.11 Å². The Morgan fingerprint density at radius 2 is 1.36 bits per heavy atom. The van der Waals surface area contributed by atoms with Crippen LogP contribution in [0.5, 0.6) is 0 Å². The Labute approximate surface area is 181 Å². The molecule has 0 atom stereocenters. The first-order valence-electron chi connectivity index (χ1n) is 8.35. The molecule has 0 aliphatic rings. The van der Waals surface area contributed by atoms with Gasteiger partial charge in [-0.05, 0) is 83.3 Å². The monoisotopic (exact) mass is 501 g/mol. The van der Waals surface area contributed by atoms with Crippen molar-refractivity contribution in [2.75, 3.05) is 10.6 Å². The summed E-state index contributed by atoms with van der Waals surface area (Å²) in [7, 11) is 0. The summed E-state index contributed by atoms with van der Waals surface area (Å²) in [5.74, 6) is -0.530. The third-order valence-electron chi connectivity index (χ3n) is 3.73. The highest BCUT2D eigenvalue weighted by Gasteiger charge is 2.10. The van der Waals surface area contributed by atoms with Gasteiger partial charge >= 0.3 is 0 Å². The Balaban J connectivity index is 1.63. The molecule has 3 rings (SSSR count). The van der Waals surface area contributed by atoms with Gasteiger partial charge in [0.2, 0.25) is 0 Å². The quantitative estimate of drug-likeness (QED) is 0.359. The molecule has 0 unspecified atom stereocenters. The highest BCUT2D eigenvalue weighted by molar-refractivity contribution is 14.1. The molecule has 3 N–H and O–H groups in total. The van der Waals surface area contributed by atoms with Crippen molar-refractivity contribution < 1.29 is 9.59 Å². The van der Waals surface area contributed by atoms with Crippen molar-refractivity contribution in [2.24, 2.45) is 0 Å². The summed E-state index contributed by atoms with van der Waals surface area (Å²) >= 11 is 7.36. The second-order valence-corrected chi connectivity index (χ2v) is 7.47. The lowest BCUT2D eigenvalue weighted by Crippen LogP contribution is -2.34. The van der Waals surface area contributed by atoms with Crippen molar-refractivity contribution >= 4 is 63.1 Å². The Hall–Kier alpha value is -2.78. The van der Waals surface area contributed by atoms with E-state index in [0.717, 1.165) is 3.57 Å². The van der Waals surface area contributed by atoms with Crippen LogP contribution in [0.2, 0.25) is 0 Å². The van der Waals surface area contributed by atoms with Gasteiger partial charge in [-0.1, -0.05) is 30.3 Å². The van der Waals surface area contributed by atoms with Crippen LogP contribution in [0, 0.1) is 3.57 Å². The van der Waals surface area contributed by atoms with Gasteiger partial charge in [-0.25, -0.2) is 0 Å². The number of rotatable bonds is 4. The lowest BCUT2D eigenvalue weighted by atomic mass is 10.2. The number of para-hydroxylation sites is 1. The number of carbonyl (C=O) groups is 2. The molecule has 0 saturated carbocycles. The van der Waals surface area contributed by atoms with Crippen LogP contribution in [0.25, 0.3) is 0 Å². The van der Waals surface area contributed by atoms with E-state index in [1.807, 2.05) is 42.5 Å². The summed E-state index contributed by atoms with van der Waals surface area (Å²) in [6, 6.07) is 23.3. The molecular weight excluding hydrogens is 485 g/mol. The van der Waals surface area contributed by atoms with Gasteiger partial charge in [0.25, 0.3) is 11.8 Å². The van der Waals surface area contributed by atoms with E-state index in [4.69, 9.17) is 12.2 Å². The van der Waals surface area contributed by atoms with Gasteiger partial charge in [-0.2, -0.15) is 0 Å². The fraction of sp³-hybridized carbons (Fsp3) is 0. The van der Waals surface area contributed by atoms with E-state index in [9.17, 15) is 9.59 Å². The number of anilines is 2. The molecule has 0 bridgehead atoms. The lowest BCUT2D eigenvalue weighted by Gasteiger charge is -2.11. The van der Waals surface area contributed by atoms with Crippen LogP contribution in [0.4, 0.5) is 11.4 Å². The highest BCUT2D eigenvalue weighted by Crippen LogP contribution is 2.14. The molecule has 0 aliphatic carbocycles. The molecule has 0 fully saturated rings. The van der Waals surface area contributed by atoms with Gasteiger partial charge in [-0.15, -0.1) is 0 Å². The lowest BCUT2D eigenvalue weighted by molar-refractivity contribution is 0.0976.